The lowest BCUT2D eigenvalue weighted by molar-refractivity contribution is -0.116. The van der Waals surface area contributed by atoms with Gasteiger partial charge in [-0.3, -0.25) is 14.6 Å². The third-order valence-electron chi connectivity index (χ3n) is 3.81. The van der Waals surface area contributed by atoms with Gasteiger partial charge in [0.2, 0.25) is 5.91 Å². The fourth-order valence-corrected chi connectivity index (χ4v) is 2.32. The van der Waals surface area contributed by atoms with Gasteiger partial charge in [0.1, 0.15) is 11.5 Å². The Kier molecular flexibility index (Phi) is 7.20. The molecular weight excluding hydrogens is 335 g/mol. The van der Waals surface area contributed by atoms with Gasteiger partial charge in [0.15, 0.2) is 0 Å². The van der Waals surface area contributed by atoms with Gasteiger partial charge in [-0.25, -0.2) is 9.37 Å². The van der Waals surface area contributed by atoms with Crippen molar-refractivity contribution in [2.75, 3.05) is 18.4 Å². The molecule has 1 aromatic heterocycles. The third kappa shape index (κ3) is 5.91. The summed E-state index contributed by atoms with van der Waals surface area (Å²) in [5.41, 5.74) is 1.53. The minimum absolute atomic E-state index is 0.145. The number of anilines is 1. The maximum atomic E-state index is 12.9. The lowest BCUT2D eigenvalue weighted by Gasteiger charge is -2.22. The van der Waals surface area contributed by atoms with Gasteiger partial charge in [0.05, 0.1) is 11.9 Å². The van der Waals surface area contributed by atoms with Gasteiger partial charge in [0.25, 0.3) is 5.91 Å². The summed E-state index contributed by atoms with van der Waals surface area (Å²) in [5.74, 6) is -0.833. The Labute approximate surface area is 152 Å². The van der Waals surface area contributed by atoms with E-state index in [0.29, 0.717) is 12.2 Å². The fourth-order valence-electron chi connectivity index (χ4n) is 2.32. The number of carbonyl (C=O) groups is 2. The van der Waals surface area contributed by atoms with E-state index in [1.165, 1.54) is 30.5 Å². The zero-order chi connectivity index (χ0) is 18.9. The summed E-state index contributed by atoms with van der Waals surface area (Å²) in [5, 5.41) is 2.70. The molecule has 0 saturated carbocycles. The number of carbonyl (C=O) groups excluding carboxylic acids is 2. The van der Waals surface area contributed by atoms with E-state index in [9.17, 15) is 14.0 Å². The summed E-state index contributed by atoms with van der Waals surface area (Å²) in [6.07, 6.45) is 4.92. The number of unbranched alkanes of at least 4 members (excludes halogenated alkanes) is 1. The highest BCUT2D eigenvalue weighted by Crippen LogP contribution is 2.10. The Morgan fingerprint density at radius 3 is 2.46 bits per heavy atom. The Morgan fingerprint density at radius 1 is 1.12 bits per heavy atom. The molecule has 0 saturated heterocycles. The number of amides is 2. The van der Waals surface area contributed by atoms with Gasteiger partial charge in [-0.1, -0.05) is 13.3 Å². The number of aryl methyl sites for hydroxylation is 1. The molecule has 0 atom stereocenters. The van der Waals surface area contributed by atoms with E-state index in [0.717, 1.165) is 18.5 Å². The van der Waals surface area contributed by atoms with E-state index >= 15 is 0 Å². The molecule has 0 spiro atoms. The first-order valence-electron chi connectivity index (χ1n) is 8.63. The standard InChI is InChI=1S/C19H23FN4O2/c1-3-4-10-24(19(26)17-13-21-14(2)12-22-17)11-9-18(25)23-16-7-5-15(20)6-8-16/h5-8,12-13H,3-4,9-11H2,1-2H3,(H,23,25). The van der Waals surface area contributed by atoms with Crippen LogP contribution in [0.1, 0.15) is 42.4 Å². The number of hydrogen-bond donors (Lipinski definition) is 1. The van der Waals surface area contributed by atoms with Crippen molar-refractivity contribution in [3.63, 3.8) is 0 Å². The van der Waals surface area contributed by atoms with Crippen LogP contribution in [0.2, 0.25) is 0 Å². The quantitative estimate of drug-likeness (QED) is 0.786. The van der Waals surface area contributed by atoms with E-state index in [2.05, 4.69) is 15.3 Å². The summed E-state index contributed by atoms with van der Waals surface area (Å²) in [6.45, 7) is 4.67. The highest BCUT2D eigenvalue weighted by molar-refractivity contribution is 5.93. The average Bonchev–Trinajstić information content (AvgIpc) is 2.64. The minimum atomic E-state index is -0.362. The van der Waals surface area contributed by atoms with Crippen LogP contribution < -0.4 is 5.32 Å². The van der Waals surface area contributed by atoms with Crippen molar-refractivity contribution >= 4 is 17.5 Å². The molecule has 0 unspecified atom stereocenters. The highest BCUT2D eigenvalue weighted by atomic mass is 19.1. The van der Waals surface area contributed by atoms with Crippen LogP contribution in [-0.4, -0.2) is 39.8 Å². The molecule has 0 aliphatic rings. The Morgan fingerprint density at radius 2 is 1.85 bits per heavy atom. The number of rotatable bonds is 8. The molecule has 0 fully saturated rings. The van der Waals surface area contributed by atoms with E-state index in [4.69, 9.17) is 0 Å². The van der Waals surface area contributed by atoms with Crippen LogP contribution in [0.25, 0.3) is 0 Å². The molecule has 2 rings (SSSR count). The first-order valence-corrected chi connectivity index (χ1v) is 8.63. The molecule has 1 aromatic carbocycles. The summed E-state index contributed by atoms with van der Waals surface area (Å²) in [4.78, 5) is 34.6. The van der Waals surface area contributed by atoms with Crippen LogP contribution in [0.5, 0.6) is 0 Å². The largest absolute Gasteiger partial charge is 0.337 e. The van der Waals surface area contributed by atoms with Crippen molar-refractivity contribution < 1.29 is 14.0 Å². The lowest BCUT2D eigenvalue weighted by Crippen LogP contribution is -2.35. The molecule has 6 nitrogen and oxygen atoms in total. The average molecular weight is 358 g/mol. The van der Waals surface area contributed by atoms with E-state index in [1.807, 2.05) is 6.92 Å². The maximum Gasteiger partial charge on any atom is 0.274 e. The van der Waals surface area contributed by atoms with Crippen molar-refractivity contribution in [2.24, 2.45) is 0 Å². The second kappa shape index (κ2) is 9.60. The molecule has 26 heavy (non-hydrogen) atoms. The van der Waals surface area contributed by atoms with Gasteiger partial charge in [-0.05, 0) is 37.6 Å². The van der Waals surface area contributed by atoms with E-state index < -0.39 is 0 Å². The second-order valence-electron chi connectivity index (χ2n) is 5.99. The number of nitrogens with one attached hydrogen (secondary N) is 1. The second-order valence-corrected chi connectivity index (χ2v) is 5.99. The fraction of sp³-hybridized carbons (Fsp3) is 0.368. The van der Waals surface area contributed by atoms with Crippen molar-refractivity contribution in [1.82, 2.24) is 14.9 Å². The smallest absolute Gasteiger partial charge is 0.274 e. The molecule has 1 N–H and O–H groups in total. The monoisotopic (exact) mass is 358 g/mol. The van der Waals surface area contributed by atoms with Crippen molar-refractivity contribution in [3.8, 4) is 0 Å². The summed E-state index contributed by atoms with van der Waals surface area (Å²) in [7, 11) is 0. The number of hydrogen-bond acceptors (Lipinski definition) is 4. The molecule has 2 amide bonds. The first-order chi connectivity index (χ1) is 12.5. The number of aromatic nitrogens is 2. The molecular formula is C19H23FN4O2. The van der Waals surface area contributed by atoms with Crippen molar-refractivity contribution in [2.45, 2.75) is 33.1 Å². The molecule has 0 aliphatic heterocycles. The van der Waals surface area contributed by atoms with Crippen molar-refractivity contribution in [3.05, 3.63) is 53.9 Å². The maximum absolute atomic E-state index is 12.9. The highest BCUT2D eigenvalue weighted by Gasteiger charge is 2.18. The molecule has 0 aliphatic carbocycles. The predicted octanol–water partition coefficient (Wildman–Crippen LogP) is 3.20. The zero-order valence-corrected chi connectivity index (χ0v) is 15.0. The molecule has 7 heteroatoms. The molecule has 1 heterocycles. The predicted molar refractivity (Wildman–Crippen MR) is 97.2 cm³/mol. The molecule has 0 bridgehead atoms. The van der Waals surface area contributed by atoms with Gasteiger partial charge >= 0.3 is 0 Å². The zero-order valence-electron chi connectivity index (χ0n) is 15.0. The van der Waals surface area contributed by atoms with Crippen LogP contribution in [0.3, 0.4) is 0 Å². The van der Waals surface area contributed by atoms with Crippen LogP contribution >= 0.6 is 0 Å². The number of halogens is 1. The Balaban J connectivity index is 1.95. The number of nitrogens with zero attached hydrogens (tertiary/aromatic N) is 3. The van der Waals surface area contributed by atoms with Crippen LogP contribution in [-0.2, 0) is 4.79 Å². The Bertz CT molecular complexity index is 732. The normalized spacial score (nSPS) is 10.4. The lowest BCUT2D eigenvalue weighted by atomic mass is 10.2. The van der Waals surface area contributed by atoms with Crippen LogP contribution in [0.4, 0.5) is 10.1 Å². The van der Waals surface area contributed by atoms with Gasteiger partial charge in [0, 0.05) is 31.4 Å². The topological polar surface area (TPSA) is 75.2 Å². The number of benzene rings is 1. The minimum Gasteiger partial charge on any atom is -0.337 e. The van der Waals surface area contributed by atoms with E-state index in [1.54, 1.807) is 18.0 Å². The van der Waals surface area contributed by atoms with Gasteiger partial charge in [-0.2, -0.15) is 0 Å². The molecule has 2 aromatic rings. The first kappa shape index (κ1) is 19.5. The van der Waals surface area contributed by atoms with Crippen LogP contribution in [0, 0.1) is 12.7 Å². The van der Waals surface area contributed by atoms with E-state index in [-0.39, 0.29) is 36.3 Å². The summed E-state index contributed by atoms with van der Waals surface area (Å²) in [6, 6.07) is 5.55. The summed E-state index contributed by atoms with van der Waals surface area (Å²) >= 11 is 0. The third-order valence-corrected chi connectivity index (χ3v) is 3.81. The SMILES string of the molecule is CCCCN(CCC(=O)Nc1ccc(F)cc1)C(=O)c1cnc(C)cn1. The van der Waals surface area contributed by atoms with Gasteiger partial charge in [-0.15, -0.1) is 0 Å². The van der Waals surface area contributed by atoms with Crippen LogP contribution in [0.15, 0.2) is 36.7 Å². The Hall–Kier alpha value is -2.83. The van der Waals surface area contributed by atoms with Gasteiger partial charge < -0.3 is 10.2 Å². The molecule has 0 radical (unpaired) electrons. The molecule has 138 valence electrons. The van der Waals surface area contributed by atoms with Crippen molar-refractivity contribution in [1.29, 1.82) is 0 Å². The summed E-state index contributed by atoms with van der Waals surface area (Å²) < 4.78 is 12.9.